The van der Waals surface area contributed by atoms with Gasteiger partial charge < -0.3 is 20.1 Å². The maximum absolute atomic E-state index is 12.3. The molecule has 1 aromatic rings. The number of hydrogen-bond acceptors (Lipinski definition) is 4. The van der Waals surface area contributed by atoms with E-state index in [1.54, 1.807) is 0 Å². The van der Waals surface area contributed by atoms with Gasteiger partial charge in [-0.3, -0.25) is 4.79 Å². The molecule has 2 aliphatic rings. The highest BCUT2D eigenvalue weighted by Crippen LogP contribution is 2.31. The number of morpholine rings is 1. The normalized spacial score (nSPS) is 20.7. The predicted octanol–water partition coefficient (Wildman–Crippen LogP) is 2.86. The topological polar surface area (TPSA) is 61.8 Å². The number of nitrogens with zero attached hydrogens (tertiary/aromatic N) is 1. The molecule has 0 unspecified atom stereocenters. The van der Waals surface area contributed by atoms with Gasteiger partial charge in [0.25, 0.3) is 0 Å². The number of amides is 1. The summed E-state index contributed by atoms with van der Waals surface area (Å²) in [5.41, 5.74) is 2.23. The van der Waals surface area contributed by atoms with Crippen LogP contribution < -0.4 is 10.2 Å². The number of aryl methyl sites for hydroxylation is 1. The van der Waals surface area contributed by atoms with E-state index in [2.05, 4.69) is 16.3 Å². The molecular weight excluding hydrogens is 304 g/mol. The van der Waals surface area contributed by atoms with Crippen molar-refractivity contribution in [2.24, 2.45) is 0 Å². The summed E-state index contributed by atoms with van der Waals surface area (Å²) in [5, 5.41) is 13.5. The first kappa shape index (κ1) is 17.2. The van der Waals surface area contributed by atoms with Crippen molar-refractivity contribution in [2.75, 3.05) is 36.5 Å². The van der Waals surface area contributed by atoms with Crippen LogP contribution in [0.3, 0.4) is 0 Å². The lowest BCUT2D eigenvalue weighted by molar-refractivity contribution is -0.122. The second kappa shape index (κ2) is 7.53. The zero-order valence-corrected chi connectivity index (χ0v) is 14.5. The molecule has 1 aromatic carbocycles. The van der Waals surface area contributed by atoms with Crippen LogP contribution in [0, 0.1) is 6.92 Å². The molecule has 1 aliphatic carbocycles. The molecule has 0 spiro atoms. The fourth-order valence-corrected chi connectivity index (χ4v) is 3.69. The molecule has 2 fully saturated rings. The molecule has 0 aromatic heterocycles. The lowest BCUT2D eigenvalue weighted by Gasteiger charge is -2.31. The van der Waals surface area contributed by atoms with Gasteiger partial charge in [-0.2, -0.15) is 0 Å². The molecule has 1 heterocycles. The molecule has 1 aliphatic heterocycles. The van der Waals surface area contributed by atoms with Crippen molar-refractivity contribution in [3.05, 3.63) is 23.8 Å². The Kier molecular flexibility index (Phi) is 5.41. The first-order chi connectivity index (χ1) is 11.6. The van der Waals surface area contributed by atoms with Gasteiger partial charge in [0.2, 0.25) is 5.91 Å². The minimum atomic E-state index is -0.815. The Balaban J connectivity index is 1.61. The van der Waals surface area contributed by atoms with E-state index < -0.39 is 5.60 Å². The highest BCUT2D eigenvalue weighted by Gasteiger charge is 2.31. The molecule has 24 heavy (non-hydrogen) atoms. The first-order valence-corrected chi connectivity index (χ1v) is 9.01. The van der Waals surface area contributed by atoms with Crippen LogP contribution >= 0.6 is 0 Å². The van der Waals surface area contributed by atoms with E-state index in [0.29, 0.717) is 0 Å². The van der Waals surface area contributed by atoms with Gasteiger partial charge in [-0.15, -0.1) is 0 Å². The summed E-state index contributed by atoms with van der Waals surface area (Å²) in [6.07, 6.45) is 4.84. The summed E-state index contributed by atoms with van der Waals surface area (Å²) in [4.78, 5) is 14.6. The molecule has 5 heteroatoms. The van der Waals surface area contributed by atoms with Crippen LogP contribution in [0.4, 0.5) is 11.4 Å². The van der Waals surface area contributed by atoms with Crippen LogP contribution in [-0.4, -0.2) is 42.9 Å². The van der Waals surface area contributed by atoms with E-state index in [1.807, 2.05) is 19.1 Å². The van der Waals surface area contributed by atoms with Crippen LogP contribution in [-0.2, 0) is 9.53 Å². The van der Waals surface area contributed by atoms with Crippen LogP contribution in [0.15, 0.2) is 18.2 Å². The number of ether oxygens (including phenoxy) is 1. The number of anilines is 2. The average Bonchev–Trinajstić information content (AvgIpc) is 2.57. The van der Waals surface area contributed by atoms with Crippen molar-refractivity contribution in [1.82, 2.24) is 0 Å². The smallest absolute Gasteiger partial charge is 0.227 e. The van der Waals surface area contributed by atoms with E-state index in [4.69, 9.17) is 4.74 Å². The minimum absolute atomic E-state index is 0.0957. The SMILES string of the molecule is Cc1cc(N2CCOCC2)ccc1NC(=O)CC1(O)CCCCC1. The van der Waals surface area contributed by atoms with Gasteiger partial charge in [0.1, 0.15) is 0 Å². The standard InChI is InChI=1S/C19H28N2O3/c1-15-13-16(21-9-11-24-12-10-21)5-6-17(15)20-18(22)14-19(23)7-3-2-4-8-19/h5-6,13,23H,2-4,7-12,14H2,1H3,(H,20,22). The summed E-state index contributed by atoms with van der Waals surface area (Å²) in [5.74, 6) is -0.0957. The maximum Gasteiger partial charge on any atom is 0.227 e. The zero-order chi connectivity index (χ0) is 17.0. The molecule has 1 saturated carbocycles. The molecule has 2 N–H and O–H groups in total. The van der Waals surface area contributed by atoms with Crippen molar-refractivity contribution < 1.29 is 14.6 Å². The number of hydrogen-bond donors (Lipinski definition) is 2. The van der Waals surface area contributed by atoms with Gasteiger partial charge in [-0.05, 0) is 43.5 Å². The van der Waals surface area contributed by atoms with Crippen molar-refractivity contribution in [3.8, 4) is 0 Å². The van der Waals surface area contributed by atoms with E-state index in [1.165, 1.54) is 5.69 Å². The lowest BCUT2D eigenvalue weighted by Crippen LogP contribution is -2.36. The number of carbonyl (C=O) groups is 1. The van der Waals surface area contributed by atoms with Crippen LogP contribution in [0.1, 0.15) is 44.1 Å². The molecule has 0 bridgehead atoms. The fraction of sp³-hybridized carbons (Fsp3) is 0.632. The molecule has 3 rings (SSSR count). The van der Waals surface area contributed by atoms with Crippen LogP contribution in [0.5, 0.6) is 0 Å². The Morgan fingerprint density at radius 1 is 1.25 bits per heavy atom. The molecule has 1 saturated heterocycles. The Morgan fingerprint density at radius 2 is 1.96 bits per heavy atom. The third-order valence-electron chi connectivity index (χ3n) is 5.13. The first-order valence-electron chi connectivity index (χ1n) is 9.01. The van der Waals surface area contributed by atoms with Crippen LogP contribution in [0.2, 0.25) is 0 Å². The molecule has 1 amide bonds. The van der Waals surface area contributed by atoms with E-state index in [0.717, 1.165) is 69.7 Å². The average molecular weight is 332 g/mol. The van der Waals surface area contributed by atoms with Gasteiger partial charge in [0.05, 0.1) is 25.2 Å². The Morgan fingerprint density at radius 3 is 2.62 bits per heavy atom. The van der Waals surface area contributed by atoms with E-state index >= 15 is 0 Å². The van der Waals surface area contributed by atoms with Gasteiger partial charge in [0, 0.05) is 24.5 Å². The number of rotatable bonds is 4. The molecule has 132 valence electrons. The number of benzene rings is 1. The third-order valence-corrected chi connectivity index (χ3v) is 5.13. The second-order valence-electron chi connectivity index (χ2n) is 7.11. The third kappa shape index (κ3) is 4.28. The predicted molar refractivity (Wildman–Crippen MR) is 95.5 cm³/mol. The summed E-state index contributed by atoms with van der Waals surface area (Å²) < 4.78 is 5.39. The molecule has 5 nitrogen and oxygen atoms in total. The number of aliphatic hydroxyl groups is 1. The quantitative estimate of drug-likeness (QED) is 0.890. The van der Waals surface area contributed by atoms with E-state index in [-0.39, 0.29) is 12.3 Å². The van der Waals surface area contributed by atoms with Gasteiger partial charge >= 0.3 is 0 Å². The summed E-state index contributed by atoms with van der Waals surface area (Å²) in [6.45, 7) is 5.33. The van der Waals surface area contributed by atoms with Crippen molar-refractivity contribution in [2.45, 2.75) is 51.0 Å². The molecule has 0 radical (unpaired) electrons. The Bertz CT molecular complexity index is 576. The van der Waals surface area contributed by atoms with E-state index in [9.17, 15) is 9.90 Å². The highest BCUT2D eigenvalue weighted by atomic mass is 16.5. The van der Waals surface area contributed by atoms with Crippen molar-refractivity contribution >= 4 is 17.3 Å². The summed E-state index contributed by atoms with van der Waals surface area (Å²) in [7, 11) is 0. The molecular formula is C19H28N2O3. The summed E-state index contributed by atoms with van der Waals surface area (Å²) >= 11 is 0. The monoisotopic (exact) mass is 332 g/mol. The second-order valence-corrected chi connectivity index (χ2v) is 7.11. The molecule has 0 atom stereocenters. The van der Waals surface area contributed by atoms with Gasteiger partial charge in [0.15, 0.2) is 0 Å². The number of carbonyl (C=O) groups excluding carboxylic acids is 1. The van der Waals surface area contributed by atoms with Gasteiger partial charge in [-0.1, -0.05) is 19.3 Å². The maximum atomic E-state index is 12.3. The Labute approximate surface area is 144 Å². The largest absolute Gasteiger partial charge is 0.389 e. The number of nitrogens with one attached hydrogen (secondary N) is 1. The summed E-state index contributed by atoms with van der Waals surface area (Å²) in [6, 6.07) is 6.11. The van der Waals surface area contributed by atoms with Crippen molar-refractivity contribution in [3.63, 3.8) is 0 Å². The van der Waals surface area contributed by atoms with Gasteiger partial charge in [-0.25, -0.2) is 0 Å². The minimum Gasteiger partial charge on any atom is -0.389 e. The lowest BCUT2D eigenvalue weighted by atomic mass is 9.82. The zero-order valence-electron chi connectivity index (χ0n) is 14.5. The fourth-order valence-electron chi connectivity index (χ4n) is 3.69. The highest BCUT2D eigenvalue weighted by molar-refractivity contribution is 5.92. The van der Waals surface area contributed by atoms with Crippen LogP contribution in [0.25, 0.3) is 0 Å². The Hall–Kier alpha value is -1.59. The van der Waals surface area contributed by atoms with Crippen molar-refractivity contribution in [1.29, 1.82) is 0 Å².